The monoisotopic (exact) mass is 325 g/mol. The molecule has 0 radical (unpaired) electrons. The molecule has 1 saturated heterocycles. The van der Waals surface area contributed by atoms with Crippen LogP contribution in [0.2, 0.25) is 5.02 Å². The van der Waals surface area contributed by atoms with Crippen LogP contribution in [-0.4, -0.2) is 31.8 Å². The Hall–Kier alpha value is -1.26. The molecule has 0 aromatic heterocycles. The Balaban J connectivity index is 1.73. The molecule has 1 aromatic carbocycles. The highest BCUT2D eigenvalue weighted by molar-refractivity contribution is 6.30. The van der Waals surface area contributed by atoms with E-state index in [-0.39, 0.29) is 18.6 Å². The van der Waals surface area contributed by atoms with E-state index in [0.29, 0.717) is 29.2 Å². The Labute approximate surface area is 137 Å². The van der Waals surface area contributed by atoms with Crippen molar-refractivity contribution in [2.75, 3.05) is 19.8 Å². The first kappa shape index (κ1) is 17.1. The van der Waals surface area contributed by atoms with E-state index in [2.05, 4.69) is 19.2 Å². The SMILES string of the molecule is CC(C)[C@@H]1OCCC[C@H]1CNC(=O)COc1ccc(Cl)cc1. The van der Waals surface area contributed by atoms with Crippen LogP contribution in [-0.2, 0) is 9.53 Å². The average molecular weight is 326 g/mol. The van der Waals surface area contributed by atoms with Gasteiger partial charge >= 0.3 is 0 Å². The van der Waals surface area contributed by atoms with E-state index >= 15 is 0 Å². The van der Waals surface area contributed by atoms with Crippen molar-refractivity contribution in [1.29, 1.82) is 0 Å². The zero-order chi connectivity index (χ0) is 15.9. The number of ether oxygens (including phenoxy) is 2. The number of rotatable bonds is 6. The Bertz CT molecular complexity index is 475. The molecular weight excluding hydrogens is 302 g/mol. The largest absolute Gasteiger partial charge is 0.484 e. The van der Waals surface area contributed by atoms with E-state index in [1.54, 1.807) is 24.3 Å². The van der Waals surface area contributed by atoms with Crippen LogP contribution >= 0.6 is 11.6 Å². The number of benzene rings is 1. The highest BCUT2D eigenvalue weighted by atomic mass is 35.5. The summed E-state index contributed by atoms with van der Waals surface area (Å²) in [5.41, 5.74) is 0. The van der Waals surface area contributed by atoms with Crippen LogP contribution in [0.5, 0.6) is 5.75 Å². The normalized spacial score (nSPS) is 21.6. The number of hydrogen-bond donors (Lipinski definition) is 1. The van der Waals surface area contributed by atoms with Crippen molar-refractivity contribution in [1.82, 2.24) is 5.32 Å². The van der Waals surface area contributed by atoms with E-state index in [4.69, 9.17) is 21.1 Å². The molecule has 0 saturated carbocycles. The second-order valence-electron chi connectivity index (χ2n) is 6.03. The molecule has 2 rings (SSSR count). The summed E-state index contributed by atoms with van der Waals surface area (Å²) in [6.45, 7) is 5.81. The second-order valence-corrected chi connectivity index (χ2v) is 6.46. The number of nitrogens with one attached hydrogen (secondary N) is 1. The third kappa shape index (κ3) is 5.18. The lowest BCUT2D eigenvalue weighted by molar-refractivity contribution is -0.124. The maximum absolute atomic E-state index is 11.9. The molecular formula is C17H24ClNO3. The number of carbonyl (C=O) groups is 1. The standard InChI is InChI=1S/C17H24ClNO3/c1-12(2)17-13(4-3-9-21-17)10-19-16(20)11-22-15-7-5-14(18)6-8-15/h5-8,12-13,17H,3-4,9-11H2,1-2H3,(H,19,20)/t13-,17-/m0/s1. The zero-order valence-corrected chi connectivity index (χ0v) is 13.9. The molecule has 22 heavy (non-hydrogen) atoms. The van der Waals surface area contributed by atoms with Gasteiger partial charge in [0.1, 0.15) is 5.75 Å². The minimum atomic E-state index is -0.108. The van der Waals surface area contributed by atoms with E-state index < -0.39 is 0 Å². The van der Waals surface area contributed by atoms with Gasteiger partial charge in [0.2, 0.25) is 0 Å². The smallest absolute Gasteiger partial charge is 0.257 e. The molecule has 122 valence electrons. The Morgan fingerprint density at radius 2 is 2.14 bits per heavy atom. The molecule has 4 nitrogen and oxygen atoms in total. The molecule has 1 aromatic rings. The minimum Gasteiger partial charge on any atom is -0.484 e. The van der Waals surface area contributed by atoms with E-state index in [9.17, 15) is 4.79 Å². The maximum Gasteiger partial charge on any atom is 0.257 e. The third-order valence-corrected chi connectivity index (χ3v) is 4.15. The Kier molecular flexibility index (Phi) is 6.52. The predicted octanol–water partition coefficient (Wildman–Crippen LogP) is 3.29. The van der Waals surface area contributed by atoms with Crippen LogP contribution in [0.15, 0.2) is 24.3 Å². The summed E-state index contributed by atoms with van der Waals surface area (Å²) < 4.78 is 11.3. The van der Waals surface area contributed by atoms with Crippen LogP contribution in [0.4, 0.5) is 0 Å². The lowest BCUT2D eigenvalue weighted by Gasteiger charge is -2.34. The molecule has 5 heteroatoms. The third-order valence-electron chi connectivity index (χ3n) is 3.90. The number of halogens is 1. The first-order valence-corrected chi connectivity index (χ1v) is 8.20. The predicted molar refractivity (Wildman–Crippen MR) is 87.3 cm³/mol. The van der Waals surface area contributed by atoms with Gasteiger partial charge in [-0.3, -0.25) is 4.79 Å². The van der Waals surface area contributed by atoms with Gasteiger partial charge in [-0.25, -0.2) is 0 Å². The van der Waals surface area contributed by atoms with Gasteiger partial charge in [0.25, 0.3) is 5.91 Å². The van der Waals surface area contributed by atoms with Crippen molar-refractivity contribution in [2.45, 2.75) is 32.8 Å². The Morgan fingerprint density at radius 3 is 2.82 bits per heavy atom. The van der Waals surface area contributed by atoms with Crippen LogP contribution < -0.4 is 10.1 Å². The zero-order valence-electron chi connectivity index (χ0n) is 13.2. The van der Waals surface area contributed by atoms with Crippen molar-refractivity contribution >= 4 is 17.5 Å². The number of hydrogen-bond acceptors (Lipinski definition) is 3. The average Bonchev–Trinajstić information content (AvgIpc) is 2.52. The summed E-state index contributed by atoms with van der Waals surface area (Å²) in [6, 6.07) is 6.97. The lowest BCUT2D eigenvalue weighted by atomic mass is 9.87. The molecule has 0 bridgehead atoms. The molecule has 1 N–H and O–H groups in total. The number of amides is 1. The van der Waals surface area contributed by atoms with Gasteiger partial charge < -0.3 is 14.8 Å². The quantitative estimate of drug-likeness (QED) is 0.873. The summed E-state index contributed by atoms with van der Waals surface area (Å²) in [6.07, 6.45) is 2.39. The van der Waals surface area contributed by atoms with Gasteiger partial charge in [-0.2, -0.15) is 0 Å². The highest BCUT2D eigenvalue weighted by Gasteiger charge is 2.28. The molecule has 0 unspecified atom stereocenters. The number of carbonyl (C=O) groups excluding carboxylic acids is 1. The molecule has 1 aliphatic rings. The van der Waals surface area contributed by atoms with Gasteiger partial charge in [-0.1, -0.05) is 25.4 Å². The minimum absolute atomic E-state index is 0.0154. The molecule has 1 heterocycles. The Morgan fingerprint density at radius 1 is 1.41 bits per heavy atom. The van der Waals surface area contributed by atoms with E-state index in [1.165, 1.54) is 0 Å². The van der Waals surface area contributed by atoms with Gasteiger partial charge in [0, 0.05) is 24.1 Å². The molecule has 1 aliphatic heterocycles. The van der Waals surface area contributed by atoms with E-state index in [1.807, 2.05) is 0 Å². The fourth-order valence-corrected chi connectivity index (χ4v) is 2.92. The van der Waals surface area contributed by atoms with Crippen molar-refractivity contribution in [3.05, 3.63) is 29.3 Å². The second kappa shape index (κ2) is 8.39. The fourth-order valence-electron chi connectivity index (χ4n) is 2.80. The van der Waals surface area contributed by atoms with Gasteiger partial charge in [0.05, 0.1) is 6.10 Å². The molecule has 0 aliphatic carbocycles. The summed E-state index contributed by atoms with van der Waals surface area (Å²) in [7, 11) is 0. The first-order valence-electron chi connectivity index (χ1n) is 7.83. The van der Waals surface area contributed by atoms with E-state index in [0.717, 1.165) is 19.4 Å². The van der Waals surface area contributed by atoms with Crippen molar-refractivity contribution in [3.63, 3.8) is 0 Å². The van der Waals surface area contributed by atoms with Crippen LogP contribution in [0, 0.1) is 11.8 Å². The summed E-state index contributed by atoms with van der Waals surface area (Å²) in [4.78, 5) is 11.9. The highest BCUT2D eigenvalue weighted by Crippen LogP contribution is 2.25. The van der Waals surface area contributed by atoms with Gasteiger partial charge in [-0.15, -0.1) is 0 Å². The first-order chi connectivity index (χ1) is 10.6. The fraction of sp³-hybridized carbons (Fsp3) is 0.588. The van der Waals surface area contributed by atoms with Crippen LogP contribution in [0.1, 0.15) is 26.7 Å². The lowest BCUT2D eigenvalue weighted by Crippen LogP contribution is -2.42. The van der Waals surface area contributed by atoms with Crippen LogP contribution in [0.3, 0.4) is 0 Å². The van der Waals surface area contributed by atoms with Crippen LogP contribution in [0.25, 0.3) is 0 Å². The topological polar surface area (TPSA) is 47.6 Å². The van der Waals surface area contributed by atoms with Gasteiger partial charge in [-0.05, 0) is 43.0 Å². The van der Waals surface area contributed by atoms with Crippen molar-refractivity contribution < 1.29 is 14.3 Å². The summed E-state index contributed by atoms with van der Waals surface area (Å²) >= 11 is 5.80. The van der Waals surface area contributed by atoms with Gasteiger partial charge in [0.15, 0.2) is 6.61 Å². The van der Waals surface area contributed by atoms with Crippen molar-refractivity contribution in [3.8, 4) is 5.75 Å². The molecule has 2 atom stereocenters. The molecule has 0 spiro atoms. The summed E-state index contributed by atoms with van der Waals surface area (Å²) in [5.74, 6) is 1.38. The molecule has 1 fully saturated rings. The summed E-state index contributed by atoms with van der Waals surface area (Å²) in [5, 5.41) is 3.60. The molecule has 1 amide bonds. The van der Waals surface area contributed by atoms with Crippen molar-refractivity contribution in [2.24, 2.45) is 11.8 Å². The maximum atomic E-state index is 11.9.